The number of carbonyl (C=O) groups excluding carboxylic acids is 1. The summed E-state index contributed by atoms with van der Waals surface area (Å²) in [6.07, 6.45) is 9.06. The van der Waals surface area contributed by atoms with Crippen LogP contribution in [0, 0.1) is 28.6 Å². The largest absolute Gasteiger partial charge is 0.462 e. The van der Waals surface area contributed by atoms with E-state index in [4.69, 9.17) is 4.74 Å². The Balaban J connectivity index is 1.44. The monoisotopic (exact) mass is 459 g/mol. The van der Waals surface area contributed by atoms with Gasteiger partial charge in [-0.1, -0.05) is 31.6 Å². The van der Waals surface area contributed by atoms with E-state index in [9.17, 15) is 18.0 Å². The molecule has 0 N–H and O–H groups in total. The molecule has 33 heavy (non-hydrogen) atoms. The van der Waals surface area contributed by atoms with E-state index in [1.807, 2.05) is 0 Å². The summed E-state index contributed by atoms with van der Waals surface area (Å²) in [5, 5.41) is 0. The average Bonchev–Trinajstić information content (AvgIpc) is 3.10. The molecule has 3 nitrogen and oxygen atoms in total. The second-order valence-electron chi connectivity index (χ2n) is 11.0. The summed E-state index contributed by atoms with van der Waals surface area (Å²) in [5.41, 5.74) is 1.77. The van der Waals surface area contributed by atoms with Gasteiger partial charge in [-0.25, -0.2) is 0 Å². The Kier molecular flexibility index (Phi) is 5.30. The van der Waals surface area contributed by atoms with Crippen molar-refractivity contribution in [3.05, 3.63) is 47.3 Å². The van der Waals surface area contributed by atoms with Gasteiger partial charge in [0.2, 0.25) is 0 Å². The fraction of sp³-hybridized carbons (Fsp3) is 0.630. The van der Waals surface area contributed by atoms with Crippen LogP contribution < -0.4 is 0 Å². The third-order valence-corrected chi connectivity index (χ3v) is 9.39. The lowest BCUT2D eigenvalue weighted by Gasteiger charge is -2.58. The lowest BCUT2D eigenvalue weighted by Crippen LogP contribution is -2.50. The van der Waals surface area contributed by atoms with E-state index in [-0.39, 0.29) is 28.5 Å². The number of alkyl halides is 3. The third kappa shape index (κ3) is 3.55. The van der Waals surface area contributed by atoms with Gasteiger partial charge in [0.05, 0.1) is 5.56 Å². The molecule has 2 saturated carbocycles. The number of pyridine rings is 1. The molecule has 0 bridgehead atoms. The number of ether oxygens (including phenoxy) is 1. The number of fused-ring (bicyclic) bond motifs is 5. The number of carbonyl (C=O) groups is 1. The summed E-state index contributed by atoms with van der Waals surface area (Å²) >= 11 is 0. The van der Waals surface area contributed by atoms with Gasteiger partial charge in [-0.05, 0) is 78.7 Å². The highest BCUT2D eigenvalue weighted by Gasteiger charge is 2.57. The van der Waals surface area contributed by atoms with E-state index in [1.54, 1.807) is 0 Å². The van der Waals surface area contributed by atoms with E-state index in [2.05, 4.69) is 31.0 Å². The molecule has 6 atom stereocenters. The van der Waals surface area contributed by atoms with E-state index < -0.39 is 11.7 Å². The molecule has 4 aliphatic rings. The van der Waals surface area contributed by atoms with E-state index in [0.717, 1.165) is 56.6 Å². The van der Waals surface area contributed by atoms with Crippen molar-refractivity contribution >= 4 is 11.5 Å². The fourth-order valence-electron chi connectivity index (χ4n) is 7.80. The maximum absolute atomic E-state index is 13.8. The van der Waals surface area contributed by atoms with Crippen molar-refractivity contribution in [1.82, 2.24) is 4.98 Å². The highest BCUT2D eigenvalue weighted by atomic mass is 19.4. The van der Waals surface area contributed by atoms with Gasteiger partial charge in [0.1, 0.15) is 6.10 Å². The minimum atomic E-state index is -4.39. The Morgan fingerprint density at radius 2 is 1.85 bits per heavy atom. The molecule has 1 aromatic heterocycles. The molecule has 0 saturated heterocycles. The molecule has 0 aliphatic heterocycles. The second-order valence-corrected chi connectivity index (χ2v) is 11.0. The summed E-state index contributed by atoms with van der Waals surface area (Å²) in [6.45, 7) is 6.02. The van der Waals surface area contributed by atoms with Crippen LogP contribution in [0.4, 0.5) is 13.2 Å². The third-order valence-electron chi connectivity index (χ3n) is 9.39. The van der Waals surface area contributed by atoms with Crippen LogP contribution in [-0.2, 0) is 15.7 Å². The molecule has 1 aromatic rings. The molecule has 5 rings (SSSR count). The number of nitrogens with zero attached hydrogens (tertiary/aromatic N) is 1. The Hall–Kier alpha value is -2.11. The zero-order valence-corrected chi connectivity index (χ0v) is 19.5. The zero-order chi connectivity index (χ0) is 23.6. The van der Waals surface area contributed by atoms with Gasteiger partial charge in [0.25, 0.3) is 0 Å². The summed E-state index contributed by atoms with van der Waals surface area (Å²) in [7, 11) is 0. The fourth-order valence-corrected chi connectivity index (χ4v) is 7.80. The average molecular weight is 460 g/mol. The summed E-state index contributed by atoms with van der Waals surface area (Å²) in [4.78, 5) is 15.5. The molecule has 1 unspecified atom stereocenters. The van der Waals surface area contributed by atoms with E-state index >= 15 is 0 Å². The van der Waals surface area contributed by atoms with Crippen LogP contribution in [0.5, 0.6) is 0 Å². The van der Waals surface area contributed by atoms with Crippen molar-refractivity contribution < 1.29 is 22.7 Å². The van der Waals surface area contributed by atoms with Gasteiger partial charge in [-0.3, -0.25) is 9.78 Å². The predicted octanol–water partition coefficient (Wildman–Crippen LogP) is 6.99. The standard InChI is InChI=1S/C27H32F3NO2/c1-16(32)33-18-8-11-25(2)17(14-18)4-5-19-21-6-7-22(26(21,3)12-9-23(19)25)20-15-31-13-10-24(20)27(28,29)30/h4,7,10,13,15,18-19,21,23H,5-6,8-9,11-12,14H2,1-3H3/t18-,19?,21-,23-,25-,26-/m0/s1. The first kappa shape index (κ1) is 22.7. The highest BCUT2D eigenvalue weighted by molar-refractivity contribution is 5.75. The van der Waals surface area contributed by atoms with E-state index in [1.165, 1.54) is 24.9 Å². The minimum absolute atomic E-state index is 0.0293. The molecule has 6 heteroatoms. The molecule has 178 valence electrons. The van der Waals surface area contributed by atoms with Gasteiger partial charge in [0, 0.05) is 31.3 Å². The second kappa shape index (κ2) is 7.71. The lowest BCUT2D eigenvalue weighted by atomic mass is 9.47. The number of esters is 1. The van der Waals surface area contributed by atoms with Crippen LogP contribution in [-0.4, -0.2) is 17.1 Å². The van der Waals surface area contributed by atoms with Crippen LogP contribution in [0.3, 0.4) is 0 Å². The van der Waals surface area contributed by atoms with Crippen LogP contribution >= 0.6 is 0 Å². The number of rotatable bonds is 2. The molecule has 0 radical (unpaired) electrons. The van der Waals surface area contributed by atoms with Crippen molar-refractivity contribution in [1.29, 1.82) is 0 Å². The Morgan fingerprint density at radius 3 is 2.58 bits per heavy atom. The van der Waals surface area contributed by atoms with Crippen LogP contribution in [0.2, 0.25) is 0 Å². The van der Waals surface area contributed by atoms with Crippen molar-refractivity contribution in [3.63, 3.8) is 0 Å². The summed E-state index contributed by atoms with van der Waals surface area (Å²) in [6, 6.07) is 1.11. The van der Waals surface area contributed by atoms with Gasteiger partial charge in [-0.15, -0.1) is 0 Å². The van der Waals surface area contributed by atoms with Crippen molar-refractivity contribution in [3.8, 4) is 0 Å². The molecule has 4 aliphatic carbocycles. The number of hydrogen-bond acceptors (Lipinski definition) is 3. The van der Waals surface area contributed by atoms with Crippen molar-refractivity contribution in [2.24, 2.45) is 28.6 Å². The molecule has 0 aromatic carbocycles. The highest BCUT2D eigenvalue weighted by Crippen LogP contribution is 2.66. The molecular formula is C27H32F3NO2. The van der Waals surface area contributed by atoms with Crippen LogP contribution in [0.25, 0.3) is 5.57 Å². The lowest BCUT2D eigenvalue weighted by molar-refractivity contribution is -0.148. The Bertz CT molecular complexity index is 1030. The first-order chi connectivity index (χ1) is 15.5. The predicted molar refractivity (Wildman–Crippen MR) is 120 cm³/mol. The molecule has 0 spiro atoms. The maximum atomic E-state index is 13.8. The number of allylic oxidation sites excluding steroid dienone is 3. The van der Waals surface area contributed by atoms with Gasteiger partial charge in [-0.2, -0.15) is 13.2 Å². The zero-order valence-electron chi connectivity index (χ0n) is 19.5. The minimum Gasteiger partial charge on any atom is -0.462 e. The van der Waals surface area contributed by atoms with Gasteiger partial charge in [0.15, 0.2) is 0 Å². The molecular weight excluding hydrogens is 427 g/mol. The van der Waals surface area contributed by atoms with Gasteiger partial charge < -0.3 is 4.74 Å². The van der Waals surface area contributed by atoms with E-state index in [0.29, 0.717) is 17.8 Å². The number of halogens is 3. The summed E-state index contributed by atoms with van der Waals surface area (Å²) in [5.74, 6) is 1.11. The summed E-state index contributed by atoms with van der Waals surface area (Å²) < 4.78 is 46.8. The number of aromatic nitrogens is 1. The van der Waals surface area contributed by atoms with Crippen molar-refractivity contribution in [2.75, 3.05) is 0 Å². The van der Waals surface area contributed by atoms with Crippen LogP contribution in [0.15, 0.2) is 36.2 Å². The molecule has 0 amide bonds. The topological polar surface area (TPSA) is 39.2 Å². The SMILES string of the molecule is CC(=O)O[C@H]1CC[C@@]2(C)C(=CCC3[C@@H]2CC[C@]2(C)C(c4cnccc4C(F)(F)F)=CC[C@@H]32)C1. The quantitative estimate of drug-likeness (QED) is 0.353. The first-order valence-electron chi connectivity index (χ1n) is 12.1. The Labute approximate surface area is 193 Å². The maximum Gasteiger partial charge on any atom is 0.417 e. The van der Waals surface area contributed by atoms with Gasteiger partial charge >= 0.3 is 12.1 Å². The molecule has 2 fully saturated rings. The Morgan fingerprint density at radius 1 is 1.09 bits per heavy atom. The normalized spacial score (nSPS) is 37.9. The number of hydrogen-bond donors (Lipinski definition) is 0. The van der Waals surface area contributed by atoms with Crippen molar-refractivity contribution in [2.45, 2.75) is 78.0 Å². The first-order valence-corrected chi connectivity index (χ1v) is 12.1. The van der Waals surface area contributed by atoms with Crippen LogP contribution in [0.1, 0.15) is 76.8 Å². The smallest absolute Gasteiger partial charge is 0.417 e. The molecule has 1 heterocycles.